The van der Waals surface area contributed by atoms with E-state index in [-0.39, 0.29) is 29.8 Å². The zero-order chi connectivity index (χ0) is 26.7. The van der Waals surface area contributed by atoms with Crippen molar-refractivity contribution < 1.29 is 27.1 Å². The first-order valence-corrected chi connectivity index (χ1v) is 12.6. The third kappa shape index (κ3) is 4.38. The van der Waals surface area contributed by atoms with Crippen molar-refractivity contribution in [1.82, 2.24) is 20.2 Å². The lowest BCUT2D eigenvalue weighted by molar-refractivity contribution is -0.163. The minimum Gasteiger partial charge on any atom is -0.490 e. The fraction of sp³-hybridized carbons (Fsp3) is 0.407. The zero-order valence-corrected chi connectivity index (χ0v) is 20.7. The number of hydrogen-bond acceptors (Lipinski definition) is 5. The molecule has 1 aliphatic carbocycles. The number of likely N-dealkylation sites (tertiary alicyclic amines) is 1. The molecule has 2 fully saturated rings. The van der Waals surface area contributed by atoms with Crippen molar-refractivity contribution in [2.24, 2.45) is 0 Å². The lowest BCUT2D eigenvalue weighted by Gasteiger charge is -2.40. The molecule has 3 aliphatic rings. The molecule has 2 aliphatic heterocycles. The first kappa shape index (κ1) is 24.7. The largest absolute Gasteiger partial charge is 0.490 e. The summed E-state index contributed by atoms with van der Waals surface area (Å²) in [6.45, 7) is 1.67. The fourth-order valence-corrected chi connectivity index (χ4v) is 5.34. The molecule has 0 radical (unpaired) electrons. The number of carbonyl (C=O) groups excluding carboxylic acids is 1. The molecular weight excluding hydrogens is 502 g/mol. The van der Waals surface area contributed by atoms with E-state index in [1.807, 2.05) is 0 Å². The van der Waals surface area contributed by atoms with Crippen LogP contribution in [0.15, 0.2) is 36.7 Å². The van der Waals surface area contributed by atoms with Crippen LogP contribution in [-0.2, 0) is 5.41 Å². The van der Waals surface area contributed by atoms with Crippen LogP contribution < -0.4 is 15.4 Å². The predicted molar refractivity (Wildman–Crippen MR) is 133 cm³/mol. The number of benzene rings is 1. The number of hydrogen-bond donors (Lipinski definition) is 3. The number of nitrogens with one attached hydrogen (secondary N) is 3. The Morgan fingerprint density at radius 3 is 2.79 bits per heavy atom. The lowest BCUT2D eigenvalue weighted by Crippen LogP contribution is -2.54. The standard InChI is InChI=1S/C27H27F4N5O2/c1-15-18(28)3-2-4-19(15)34-23-21-24(26(7-8-26)13-33-25(21)37)35-22(23)17-5-9-32-11-20(17)38-12-16-6-10-36(16)14-27(29,30)31/h2-5,9,11,16,34-35H,6-8,10,12-14H2,1H3,(H,33,37). The average molecular weight is 530 g/mol. The maximum absolute atomic E-state index is 14.4. The fourth-order valence-electron chi connectivity index (χ4n) is 5.34. The van der Waals surface area contributed by atoms with E-state index < -0.39 is 12.7 Å². The Morgan fingerprint density at radius 1 is 1.26 bits per heavy atom. The van der Waals surface area contributed by atoms with E-state index in [1.54, 1.807) is 31.3 Å². The van der Waals surface area contributed by atoms with Crippen molar-refractivity contribution >= 4 is 17.3 Å². The SMILES string of the molecule is Cc1c(F)cccc1Nc1c(-c2ccncc2OCC2CCN2CC(F)(F)F)[nH]c2c1C(=O)NCC21CC1. The number of amides is 1. The molecule has 3 aromatic rings. The van der Waals surface area contributed by atoms with Crippen LogP contribution in [0.2, 0.25) is 0 Å². The van der Waals surface area contributed by atoms with Crippen molar-refractivity contribution in [3.05, 3.63) is 59.3 Å². The van der Waals surface area contributed by atoms with Gasteiger partial charge in [-0.25, -0.2) is 4.39 Å². The van der Waals surface area contributed by atoms with Crippen molar-refractivity contribution in [2.75, 3.05) is 31.6 Å². The number of alkyl halides is 3. The Balaban J connectivity index is 1.37. The first-order valence-electron chi connectivity index (χ1n) is 12.6. The van der Waals surface area contributed by atoms with Gasteiger partial charge in [-0.1, -0.05) is 6.07 Å². The molecule has 6 rings (SSSR count). The number of H-pyrrole nitrogens is 1. The van der Waals surface area contributed by atoms with Crippen LogP contribution >= 0.6 is 0 Å². The van der Waals surface area contributed by atoms with Gasteiger partial charge in [0.25, 0.3) is 5.91 Å². The highest BCUT2D eigenvalue weighted by Gasteiger charge is 2.51. The summed E-state index contributed by atoms with van der Waals surface area (Å²) in [7, 11) is 0. The molecule has 7 nitrogen and oxygen atoms in total. The number of halogens is 4. The molecule has 11 heteroatoms. The minimum absolute atomic E-state index is 0.0748. The van der Waals surface area contributed by atoms with Gasteiger partial charge >= 0.3 is 6.18 Å². The highest BCUT2D eigenvalue weighted by molar-refractivity contribution is 6.07. The Bertz CT molecular complexity index is 1400. The van der Waals surface area contributed by atoms with Gasteiger partial charge in [-0.2, -0.15) is 13.2 Å². The first-order chi connectivity index (χ1) is 18.2. The minimum atomic E-state index is -4.27. The molecule has 200 valence electrons. The number of aromatic amines is 1. The predicted octanol–water partition coefficient (Wildman–Crippen LogP) is 5.06. The number of aromatic nitrogens is 2. The van der Waals surface area contributed by atoms with Crippen LogP contribution in [0.3, 0.4) is 0 Å². The van der Waals surface area contributed by atoms with Crippen molar-refractivity contribution in [3.63, 3.8) is 0 Å². The Hall–Kier alpha value is -3.60. The topological polar surface area (TPSA) is 82.3 Å². The van der Waals surface area contributed by atoms with Gasteiger partial charge < -0.3 is 20.4 Å². The van der Waals surface area contributed by atoms with E-state index in [1.165, 1.54) is 17.2 Å². The number of carbonyl (C=O) groups is 1. The number of fused-ring (bicyclic) bond motifs is 2. The van der Waals surface area contributed by atoms with Gasteiger partial charge in [0.15, 0.2) is 0 Å². The molecule has 0 bridgehead atoms. The maximum atomic E-state index is 14.4. The number of rotatable bonds is 7. The third-order valence-electron chi connectivity index (χ3n) is 7.86. The molecule has 1 amide bonds. The normalized spacial score (nSPS) is 20.0. The average Bonchev–Trinajstić information content (AvgIpc) is 3.55. The summed E-state index contributed by atoms with van der Waals surface area (Å²) in [6.07, 6.45) is 1.30. The molecule has 1 atom stereocenters. The second kappa shape index (κ2) is 9.00. The summed E-state index contributed by atoms with van der Waals surface area (Å²) >= 11 is 0. The molecular formula is C27H27F4N5O2. The maximum Gasteiger partial charge on any atom is 0.401 e. The van der Waals surface area contributed by atoms with Crippen LogP contribution in [0.5, 0.6) is 5.75 Å². The molecule has 3 N–H and O–H groups in total. The van der Waals surface area contributed by atoms with Crippen LogP contribution in [0, 0.1) is 12.7 Å². The molecule has 1 saturated heterocycles. The van der Waals surface area contributed by atoms with E-state index in [0.717, 1.165) is 18.5 Å². The van der Waals surface area contributed by atoms with Gasteiger partial charge in [0.2, 0.25) is 0 Å². The van der Waals surface area contributed by atoms with E-state index in [0.29, 0.717) is 59.0 Å². The zero-order valence-electron chi connectivity index (χ0n) is 20.7. The molecule has 1 aromatic carbocycles. The summed E-state index contributed by atoms with van der Waals surface area (Å²) in [6, 6.07) is 6.09. The molecule has 2 aromatic heterocycles. The Labute approximate surface area is 216 Å². The Morgan fingerprint density at radius 2 is 2.08 bits per heavy atom. The van der Waals surface area contributed by atoms with Gasteiger partial charge in [0, 0.05) is 53.3 Å². The van der Waals surface area contributed by atoms with Gasteiger partial charge in [0.05, 0.1) is 29.7 Å². The van der Waals surface area contributed by atoms with Crippen LogP contribution in [0.1, 0.15) is 40.9 Å². The number of nitrogens with zero attached hydrogens (tertiary/aromatic N) is 2. The van der Waals surface area contributed by atoms with E-state index in [4.69, 9.17) is 4.74 Å². The summed E-state index contributed by atoms with van der Waals surface area (Å²) in [5, 5.41) is 6.28. The van der Waals surface area contributed by atoms with Crippen molar-refractivity contribution in [3.8, 4) is 17.0 Å². The third-order valence-corrected chi connectivity index (χ3v) is 7.86. The Kier molecular flexibility index (Phi) is 5.86. The molecule has 1 unspecified atom stereocenters. The van der Waals surface area contributed by atoms with Crippen LogP contribution in [0.4, 0.5) is 28.9 Å². The van der Waals surface area contributed by atoms with Crippen molar-refractivity contribution in [2.45, 2.75) is 43.8 Å². The summed E-state index contributed by atoms with van der Waals surface area (Å²) < 4.78 is 59.0. The summed E-state index contributed by atoms with van der Waals surface area (Å²) in [5.74, 6) is -0.222. The summed E-state index contributed by atoms with van der Waals surface area (Å²) in [4.78, 5) is 22.1. The summed E-state index contributed by atoms with van der Waals surface area (Å²) in [5.41, 5.74) is 3.74. The lowest BCUT2D eigenvalue weighted by atomic mass is 9.93. The number of anilines is 2. The van der Waals surface area contributed by atoms with Gasteiger partial charge in [0.1, 0.15) is 18.2 Å². The van der Waals surface area contributed by atoms with E-state index >= 15 is 0 Å². The highest BCUT2D eigenvalue weighted by Crippen LogP contribution is 2.54. The monoisotopic (exact) mass is 529 g/mol. The molecule has 4 heterocycles. The smallest absolute Gasteiger partial charge is 0.401 e. The molecule has 1 saturated carbocycles. The van der Waals surface area contributed by atoms with Gasteiger partial charge in [-0.05, 0) is 44.4 Å². The van der Waals surface area contributed by atoms with E-state index in [9.17, 15) is 22.4 Å². The number of ether oxygens (including phenoxy) is 1. The van der Waals surface area contributed by atoms with Crippen molar-refractivity contribution in [1.29, 1.82) is 0 Å². The quantitative estimate of drug-likeness (QED) is 0.373. The molecule has 1 spiro atoms. The van der Waals surface area contributed by atoms with Crippen LogP contribution in [0.25, 0.3) is 11.3 Å². The van der Waals surface area contributed by atoms with Gasteiger partial charge in [-0.15, -0.1) is 0 Å². The highest BCUT2D eigenvalue weighted by atomic mass is 19.4. The number of pyridine rings is 1. The van der Waals surface area contributed by atoms with Gasteiger partial charge in [-0.3, -0.25) is 14.7 Å². The van der Waals surface area contributed by atoms with E-state index in [2.05, 4.69) is 20.6 Å². The van der Waals surface area contributed by atoms with Crippen LogP contribution in [-0.4, -0.2) is 59.2 Å². The second-order valence-electron chi connectivity index (χ2n) is 10.3. The second-order valence-corrected chi connectivity index (χ2v) is 10.3. The molecule has 38 heavy (non-hydrogen) atoms.